The molecule has 8 heteroatoms. The molecule has 0 aromatic heterocycles. The fraction of sp³-hybridized carbons (Fsp3) is 0.409. The van der Waals surface area contributed by atoms with Gasteiger partial charge in [0.15, 0.2) is 0 Å². The first-order valence-corrected chi connectivity index (χ1v) is 10.3. The summed E-state index contributed by atoms with van der Waals surface area (Å²) in [4.78, 5) is 17.0. The van der Waals surface area contributed by atoms with E-state index in [1.807, 2.05) is 30.3 Å². The molecule has 0 radical (unpaired) electrons. The van der Waals surface area contributed by atoms with E-state index in [-0.39, 0.29) is 5.91 Å². The van der Waals surface area contributed by atoms with Crippen molar-refractivity contribution in [2.24, 2.45) is 0 Å². The number of nitrogens with one attached hydrogen (secondary N) is 1. The van der Waals surface area contributed by atoms with Crippen LogP contribution in [0.5, 0.6) is 17.2 Å². The predicted molar refractivity (Wildman–Crippen MR) is 118 cm³/mol. The molecule has 1 N–H and O–H groups in total. The molecule has 3 rings (SSSR count). The number of hydrogen-bond donors (Lipinski definition) is 1. The average Bonchev–Trinajstić information content (AvgIpc) is 2.76. The molecule has 162 valence electrons. The number of ether oxygens (including phenoxy) is 3. The minimum atomic E-state index is -0.0986. The van der Waals surface area contributed by atoms with Gasteiger partial charge in [-0.1, -0.05) is 29.8 Å². The average molecular weight is 434 g/mol. The standard InChI is InChI=1S/C22H28ClN3O4/c1-28-20-15-19(21(29-2)14-18(20)23)24-22(27)16-26-10-8-25(9-11-26)12-13-30-17-6-4-3-5-7-17/h3-7,14-15H,8-13,16H2,1-2H3,(H,24,27). The molecule has 0 atom stereocenters. The zero-order valence-corrected chi connectivity index (χ0v) is 18.2. The number of nitrogens with zero attached hydrogens (tertiary/aromatic N) is 2. The van der Waals surface area contributed by atoms with Crippen molar-refractivity contribution in [1.29, 1.82) is 0 Å². The lowest BCUT2D eigenvalue weighted by Gasteiger charge is -2.34. The Labute approximate surface area is 182 Å². The van der Waals surface area contributed by atoms with Gasteiger partial charge in [0.25, 0.3) is 0 Å². The maximum absolute atomic E-state index is 12.5. The van der Waals surface area contributed by atoms with Gasteiger partial charge in [0.1, 0.15) is 23.9 Å². The van der Waals surface area contributed by atoms with E-state index >= 15 is 0 Å². The first kappa shape index (κ1) is 22.2. The van der Waals surface area contributed by atoms with E-state index in [2.05, 4.69) is 15.1 Å². The van der Waals surface area contributed by atoms with Gasteiger partial charge in [-0.3, -0.25) is 14.6 Å². The second-order valence-corrected chi connectivity index (χ2v) is 7.42. The minimum Gasteiger partial charge on any atom is -0.495 e. The SMILES string of the molecule is COc1cc(NC(=O)CN2CCN(CCOc3ccccc3)CC2)c(OC)cc1Cl. The van der Waals surface area contributed by atoms with Crippen LogP contribution in [0.2, 0.25) is 5.02 Å². The summed E-state index contributed by atoms with van der Waals surface area (Å²) >= 11 is 6.12. The number of benzene rings is 2. The number of carbonyl (C=O) groups is 1. The molecular weight excluding hydrogens is 406 g/mol. The molecule has 0 saturated carbocycles. The van der Waals surface area contributed by atoms with Crippen molar-refractivity contribution in [3.63, 3.8) is 0 Å². The van der Waals surface area contributed by atoms with Gasteiger partial charge in [-0.05, 0) is 12.1 Å². The zero-order valence-electron chi connectivity index (χ0n) is 17.4. The van der Waals surface area contributed by atoms with E-state index in [4.69, 9.17) is 25.8 Å². The fourth-order valence-electron chi connectivity index (χ4n) is 3.33. The highest BCUT2D eigenvalue weighted by atomic mass is 35.5. The van der Waals surface area contributed by atoms with Gasteiger partial charge in [0, 0.05) is 44.9 Å². The van der Waals surface area contributed by atoms with Crippen molar-refractivity contribution in [1.82, 2.24) is 9.80 Å². The Morgan fingerprint density at radius 2 is 1.67 bits per heavy atom. The Bertz CT molecular complexity index is 827. The van der Waals surface area contributed by atoms with Crippen molar-refractivity contribution in [3.05, 3.63) is 47.5 Å². The van der Waals surface area contributed by atoms with Crippen molar-refractivity contribution in [2.75, 3.05) is 65.4 Å². The Hall–Kier alpha value is -2.48. The Morgan fingerprint density at radius 1 is 1.00 bits per heavy atom. The van der Waals surface area contributed by atoms with Gasteiger partial charge in [-0.15, -0.1) is 0 Å². The summed E-state index contributed by atoms with van der Waals surface area (Å²) in [6.07, 6.45) is 0. The van der Waals surface area contributed by atoms with Crippen LogP contribution in [0.3, 0.4) is 0 Å². The molecule has 1 amide bonds. The quantitative estimate of drug-likeness (QED) is 0.656. The number of rotatable bonds is 9. The summed E-state index contributed by atoms with van der Waals surface area (Å²) in [5.74, 6) is 1.78. The Morgan fingerprint density at radius 3 is 2.33 bits per heavy atom. The van der Waals surface area contributed by atoms with Crippen LogP contribution in [0.15, 0.2) is 42.5 Å². The van der Waals surface area contributed by atoms with Gasteiger partial charge in [0.2, 0.25) is 5.91 Å². The third-order valence-corrected chi connectivity index (χ3v) is 5.29. The third kappa shape index (κ3) is 6.26. The molecule has 0 unspecified atom stereocenters. The van der Waals surface area contributed by atoms with Gasteiger partial charge in [0.05, 0.1) is 31.5 Å². The summed E-state index contributed by atoms with van der Waals surface area (Å²) in [5.41, 5.74) is 0.542. The minimum absolute atomic E-state index is 0.0986. The maximum Gasteiger partial charge on any atom is 0.238 e. The van der Waals surface area contributed by atoms with Crippen molar-refractivity contribution >= 4 is 23.2 Å². The third-order valence-electron chi connectivity index (χ3n) is 5.00. The Balaban J connectivity index is 1.42. The van der Waals surface area contributed by atoms with E-state index < -0.39 is 0 Å². The molecule has 1 aliphatic heterocycles. The molecule has 1 heterocycles. The fourth-order valence-corrected chi connectivity index (χ4v) is 3.56. The van der Waals surface area contributed by atoms with Crippen LogP contribution in [0.1, 0.15) is 0 Å². The lowest BCUT2D eigenvalue weighted by molar-refractivity contribution is -0.117. The topological polar surface area (TPSA) is 63.3 Å². The van der Waals surface area contributed by atoms with E-state index in [1.165, 1.54) is 14.2 Å². The molecule has 0 spiro atoms. The molecule has 2 aromatic carbocycles. The number of hydrogen-bond acceptors (Lipinski definition) is 6. The van der Waals surface area contributed by atoms with E-state index in [1.54, 1.807) is 12.1 Å². The van der Waals surface area contributed by atoms with Crippen molar-refractivity contribution < 1.29 is 19.0 Å². The van der Waals surface area contributed by atoms with Crippen LogP contribution in [0.25, 0.3) is 0 Å². The van der Waals surface area contributed by atoms with Crippen LogP contribution < -0.4 is 19.5 Å². The first-order valence-electron chi connectivity index (χ1n) is 9.93. The lowest BCUT2D eigenvalue weighted by Crippen LogP contribution is -2.49. The van der Waals surface area contributed by atoms with E-state index in [0.29, 0.717) is 35.4 Å². The van der Waals surface area contributed by atoms with Crippen molar-refractivity contribution in [3.8, 4) is 17.2 Å². The number of piperazine rings is 1. The number of para-hydroxylation sites is 1. The largest absolute Gasteiger partial charge is 0.495 e. The van der Waals surface area contributed by atoms with Crippen LogP contribution >= 0.6 is 11.6 Å². The predicted octanol–water partition coefficient (Wildman–Crippen LogP) is 2.99. The second-order valence-electron chi connectivity index (χ2n) is 7.01. The number of anilines is 1. The summed E-state index contributed by atoms with van der Waals surface area (Å²) < 4.78 is 16.3. The number of amides is 1. The van der Waals surface area contributed by atoms with Gasteiger partial charge >= 0.3 is 0 Å². The summed E-state index contributed by atoms with van der Waals surface area (Å²) in [7, 11) is 3.07. The molecule has 1 fully saturated rings. The molecule has 1 aliphatic rings. The monoisotopic (exact) mass is 433 g/mol. The molecule has 2 aromatic rings. The highest BCUT2D eigenvalue weighted by Crippen LogP contribution is 2.35. The summed E-state index contributed by atoms with van der Waals surface area (Å²) in [5, 5.41) is 3.33. The smallest absolute Gasteiger partial charge is 0.238 e. The lowest BCUT2D eigenvalue weighted by atomic mass is 10.2. The van der Waals surface area contributed by atoms with Crippen LogP contribution in [-0.4, -0.2) is 75.8 Å². The number of methoxy groups -OCH3 is 2. The molecule has 1 saturated heterocycles. The molecule has 7 nitrogen and oxygen atoms in total. The van der Waals surface area contributed by atoms with Crippen molar-refractivity contribution in [2.45, 2.75) is 0 Å². The normalized spacial score (nSPS) is 14.9. The number of carbonyl (C=O) groups excluding carboxylic acids is 1. The van der Waals surface area contributed by atoms with E-state index in [9.17, 15) is 4.79 Å². The second kappa shape index (κ2) is 11.1. The first-order chi connectivity index (χ1) is 14.6. The highest BCUT2D eigenvalue weighted by Gasteiger charge is 2.20. The van der Waals surface area contributed by atoms with Gasteiger partial charge < -0.3 is 19.5 Å². The number of halogens is 1. The maximum atomic E-state index is 12.5. The summed E-state index contributed by atoms with van der Waals surface area (Å²) in [6.45, 7) is 5.33. The van der Waals surface area contributed by atoms with Gasteiger partial charge in [-0.25, -0.2) is 0 Å². The zero-order chi connectivity index (χ0) is 21.3. The Kier molecular flexibility index (Phi) is 8.19. The van der Waals surface area contributed by atoms with Crippen LogP contribution in [0, 0.1) is 0 Å². The molecule has 30 heavy (non-hydrogen) atoms. The molecular formula is C22H28ClN3O4. The summed E-state index contributed by atoms with van der Waals surface area (Å²) in [6, 6.07) is 13.1. The molecule has 0 bridgehead atoms. The van der Waals surface area contributed by atoms with E-state index in [0.717, 1.165) is 38.5 Å². The van der Waals surface area contributed by atoms with Crippen LogP contribution in [-0.2, 0) is 4.79 Å². The van der Waals surface area contributed by atoms with Gasteiger partial charge in [-0.2, -0.15) is 0 Å². The highest BCUT2D eigenvalue weighted by molar-refractivity contribution is 6.32. The van der Waals surface area contributed by atoms with Crippen LogP contribution in [0.4, 0.5) is 5.69 Å². The molecule has 0 aliphatic carbocycles.